The molecule has 2 heterocycles. The van der Waals surface area contributed by atoms with Crippen LogP contribution in [0.3, 0.4) is 0 Å². The molecule has 0 spiro atoms. The molecule has 33 heavy (non-hydrogen) atoms. The summed E-state index contributed by atoms with van der Waals surface area (Å²) >= 11 is 0. The highest BCUT2D eigenvalue weighted by Gasteiger charge is 2.45. The number of benzene rings is 2. The van der Waals surface area contributed by atoms with Crippen molar-refractivity contribution in [1.29, 1.82) is 5.26 Å². The number of carboxylic acid groups (broad SMARTS) is 1. The predicted octanol–water partition coefficient (Wildman–Crippen LogP) is 6.06. The number of hydrogen-bond acceptors (Lipinski definition) is 4. The molecule has 5 nitrogen and oxygen atoms in total. The minimum absolute atomic E-state index is 0.202. The topological polar surface area (TPSA) is 73.6 Å². The van der Waals surface area contributed by atoms with Crippen molar-refractivity contribution in [3.05, 3.63) is 41.5 Å². The van der Waals surface area contributed by atoms with Crippen LogP contribution < -0.4 is 4.74 Å². The first-order chi connectivity index (χ1) is 15.9. The molecule has 174 valence electrons. The lowest BCUT2D eigenvalue weighted by molar-refractivity contribution is -0.144. The summed E-state index contributed by atoms with van der Waals surface area (Å²) in [6.45, 7) is 4.53. The molecule has 0 radical (unpaired) electrons. The third-order valence-electron chi connectivity index (χ3n) is 8.44. The number of rotatable bonds is 5. The third kappa shape index (κ3) is 4.22. The summed E-state index contributed by atoms with van der Waals surface area (Å²) in [4.78, 5) is 14.1. The summed E-state index contributed by atoms with van der Waals surface area (Å²) in [7, 11) is 0. The molecule has 2 aliphatic heterocycles. The summed E-state index contributed by atoms with van der Waals surface area (Å²) in [6, 6.07) is 13.8. The molecule has 0 amide bonds. The molecule has 5 rings (SSSR count). The highest BCUT2D eigenvalue weighted by Crippen LogP contribution is 2.44. The Balaban J connectivity index is 1.38. The fourth-order valence-corrected chi connectivity index (χ4v) is 6.55. The smallest absolute Gasteiger partial charge is 0.306 e. The van der Waals surface area contributed by atoms with Crippen LogP contribution in [-0.4, -0.2) is 34.2 Å². The van der Waals surface area contributed by atoms with Crippen molar-refractivity contribution in [2.45, 2.75) is 89.4 Å². The van der Waals surface area contributed by atoms with E-state index in [1.54, 1.807) is 0 Å². The molecule has 2 bridgehead atoms. The van der Waals surface area contributed by atoms with Gasteiger partial charge in [0.15, 0.2) is 0 Å². The molecule has 2 aromatic rings. The third-order valence-corrected chi connectivity index (χ3v) is 8.44. The summed E-state index contributed by atoms with van der Waals surface area (Å²) in [6.07, 6.45) is 8.38. The maximum Gasteiger partial charge on any atom is 0.306 e. The average molecular weight is 447 g/mol. The van der Waals surface area contributed by atoms with Gasteiger partial charge in [-0.05, 0) is 87.3 Å². The lowest BCUT2D eigenvalue weighted by atomic mass is 9.88. The van der Waals surface area contributed by atoms with Crippen molar-refractivity contribution < 1.29 is 14.6 Å². The lowest BCUT2D eigenvalue weighted by Crippen LogP contribution is -2.45. The number of aliphatic carboxylic acids is 1. The zero-order valence-electron chi connectivity index (χ0n) is 19.7. The molecule has 0 aromatic heterocycles. The number of carboxylic acids is 1. The van der Waals surface area contributed by atoms with Crippen LogP contribution in [0.2, 0.25) is 0 Å². The summed E-state index contributed by atoms with van der Waals surface area (Å²) in [5.41, 5.74) is 1.86. The lowest BCUT2D eigenvalue weighted by Gasteiger charge is -2.41. The Hall–Kier alpha value is -2.58. The van der Waals surface area contributed by atoms with E-state index in [4.69, 9.17) is 4.74 Å². The Bertz CT molecular complexity index is 1070. The van der Waals surface area contributed by atoms with Crippen molar-refractivity contribution in [2.24, 2.45) is 11.8 Å². The summed E-state index contributed by atoms with van der Waals surface area (Å²) in [5.74, 6) is 0.628. The maximum atomic E-state index is 11.5. The number of ether oxygens (including phenoxy) is 1. The SMILES string of the molecule is CC(c1ccc2c(C#N)c(O[C@H]3CC[C@@H](C)CC3)ccc2c1)N1C2CCC1CC(C(=O)O)C2. The van der Waals surface area contributed by atoms with E-state index < -0.39 is 5.97 Å². The van der Waals surface area contributed by atoms with E-state index in [0.29, 0.717) is 23.4 Å². The van der Waals surface area contributed by atoms with E-state index in [2.05, 4.69) is 49.1 Å². The highest BCUT2D eigenvalue weighted by atomic mass is 16.5. The Morgan fingerprint density at radius 1 is 1.09 bits per heavy atom. The van der Waals surface area contributed by atoms with Gasteiger partial charge in [0, 0.05) is 23.5 Å². The minimum atomic E-state index is -0.644. The Morgan fingerprint density at radius 3 is 2.42 bits per heavy atom. The van der Waals surface area contributed by atoms with E-state index in [9.17, 15) is 15.2 Å². The molecule has 2 aromatic carbocycles. The van der Waals surface area contributed by atoms with Crippen LogP contribution in [0, 0.1) is 23.2 Å². The molecule has 3 aliphatic rings. The Kier molecular flexibility index (Phi) is 6.05. The normalized spacial score (nSPS) is 30.6. The fourth-order valence-electron chi connectivity index (χ4n) is 6.55. The second kappa shape index (κ2) is 8.99. The van der Waals surface area contributed by atoms with Crippen LogP contribution in [0.5, 0.6) is 5.75 Å². The molecule has 1 N–H and O–H groups in total. The number of hydrogen-bond donors (Lipinski definition) is 1. The minimum Gasteiger partial charge on any atom is -0.489 e. The Labute approximate surface area is 196 Å². The summed E-state index contributed by atoms with van der Waals surface area (Å²) < 4.78 is 6.29. The van der Waals surface area contributed by atoms with Gasteiger partial charge in [-0.25, -0.2) is 0 Å². The first-order valence-electron chi connectivity index (χ1n) is 12.6. The first-order valence-corrected chi connectivity index (χ1v) is 12.6. The van der Waals surface area contributed by atoms with Gasteiger partial charge in [0.05, 0.1) is 12.0 Å². The van der Waals surface area contributed by atoms with Crippen LogP contribution in [0.1, 0.15) is 82.4 Å². The predicted molar refractivity (Wildman–Crippen MR) is 128 cm³/mol. The van der Waals surface area contributed by atoms with Crippen molar-refractivity contribution in [1.82, 2.24) is 4.90 Å². The van der Waals surface area contributed by atoms with Crippen LogP contribution in [0.4, 0.5) is 0 Å². The Morgan fingerprint density at radius 2 is 1.79 bits per heavy atom. The van der Waals surface area contributed by atoms with E-state index >= 15 is 0 Å². The van der Waals surface area contributed by atoms with Crippen LogP contribution in [0.25, 0.3) is 10.8 Å². The van der Waals surface area contributed by atoms with Gasteiger partial charge in [-0.2, -0.15) is 5.26 Å². The zero-order valence-corrected chi connectivity index (χ0v) is 19.7. The average Bonchev–Trinajstić information content (AvgIpc) is 3.08. The molecule has 3 fully saturated rings. The van der Waals surface area contributed by atoms with Gasteiger partial charge in [-0.1, -0.05) is 25.1 Å². The zero-order chi connectivity index (χ0) is 23.1. The molecule has 3 atom stereocenters. The molecular formula is C28H34N2O3. The van der Waals surface area contributed by atoms with Crippen LogP contribution >= 0.6 is 0 Å². The first kappa shape index (κ1) is 22.2. The number of fused-ring (bicyclic) bond motifs is 3. The van der Waals surface area contributed by atoms with E-state index in [-0.39, 0.29) is 18.1 Å². The quantitative estimate of drug-likeness (QED) is 0.604. The van der Waals surface area contributed by atoms with Crippen molar-refractivity contribution in [3.8, 4) is 11.8 Å². The van der Waals surface area contributed by atoms with Crippen LogP contribution in [-0.2, 0) is 4.79 Å². The maximum absolute atomic E-state index is 11.5. The van der Waals surface area contributed by atoms with Gasteiger partial charge in [-0.15, -0.1) is 0 Å². The molecule has 3 unspecified atom stereocenters. The number of carbonyl (C=O) groups is 1. The van der Waals surface area contributed by atoms with E-state index in [0.717, 1.165) is 55.2 Å². The second-order valence-electron chi connectivity index (χ2n) is 10.5. The van der Waals surface area contributed by atoms with Gasteiger partial charge >= 0.3 is 5.97 Å². The fraction of sp³-hybridized carbons (Fsp3) is 0.571. The molecule has 5 heteroatoms. The standard InChI is InChI=1S/C28H34N2O3/c1-17-3-9-24(10-4-17)33-27-12-6-20-13-19(5-11-25(20)26(27)16-29)18(2)30-22-7-8-23(30)15-21(14-22)28(31)32/h5-6,11-13,17-18,21-24H,3-4,7-10,14-15H2,1-2H3,(H,31,32)/t17-,18?,21?,22?,23?,24+. The van der Waals surface area contributed by atoms with Crippen molar-refractivity contribution >= 4 is 16.7 Å². The van der Waals surface area contributed by atoms with E-state index in [1.165, 1.54) is 18.4 Å². The van der Waals surface area contributed by atoms with E-state index in [1.807, 2.05) is 6.07 Å². The van der Waals surface area contributed by atoms with Gasteiger partial charge in [-0.3, -0.25) is 9.69 Å². The largest absolute Gasteiger partial charge is 0.489 e. The van der Waals surface area contributed by atoms with Crippen molar-refractivity contribution in [3.63, 3.8) is 0 Å². The molecule has 1 aliphatic carbocycles. The van der Waals surface area contributed by atoms with Crippen LogP contribution in [0.15, 0.2) is 30.3 Å². The number of nitrogens with zero attached hydrogens (tertiary/aromatic N) is 2. The van der Waals surface area contributed by atoms with Gasteiger partial charge in [0.25, 0.3) is 0 Å². The van der Waals surface area contributed by atoms with Gasteiger partial charge < -0.3 is 9.84 Å². The molecule has 1 saturated carbocycles. The van der Waals surface area contributed by atoms with Crippen molar-refractivity contribution in [2.75, 3.05) is 0 Å². The van der Waals surface area contributed by atoms with Gasteiger partial charge in [0.2, 0.25) is 0 Å². The monoisotopic (exact) mass is 446 g/mol. The number of nitriles is 1. The molecule has 2 saturated heterocycles. The summed E-state index contributed by atoms with van der Waals surface area (Å²) in [5, 5.41) is 21.4. The molecular weight excluding hydrogens is 412 g/mol. The highest BCUT2D eigenvalue weighted by molar-refractivity contribution is 5.90. The second-order valence-corrected chi connectivity index (χ2v) is 10.5. The van der Waals surface area contributed by atoms with Gasteiger partial charge in [0.1, 0.15) is 17.4 Å². The number of piperidine rings is 1.